The molecule has 0 aliphatic heterocycles. The molecule has 0 aromatic heterocycles. The van der Waals surface area contributed by atoms with Crippen molar-refractivity contribution in [3.63, 3.8) is 0 Å². The summed E-state index contributed by atoms with van der Waals surface area (Å²) in [4.78, 5) is 10.0. The van der Waals surface area contributed by atoms with Crippen LogP contribution >= 0.6 is 0 Å². The van der Waals surface area contributed by atoms with Gasteiger partial charge < -0.3 is 15.6 Å². The van der Waals surface area contributed by atoms with E-state index in [0.717, 1.165) is 6.61 Å². The number of nitrogens with two attached hydrogens (primary N) is 1. The number of carbonyl (C=O) groups is 1. The quantitative estimate of drug-likeness (QED) is 0.652. The van der Waals surface area contributed by atoms with Crippen molar-refractivity contribution < 1.29 is 14.6 Å². The molecule has 3 N–H and O–H groups in total. The molecule has 4 nitrogen and oxygen atoms in total. The molecule has 0 heterocycles. The third-order valence-corrected chi connectivity index (χ3v) is 1.29. The van der Waals surface area contributed by atoms with Gasteiger partial charge in [0.15, 0.2) is 0 Å². The van der Waals surface area contributed by atoms with Gasteiger partial charge in [-0.2, -0.15) is 0 Å². The number of carboxylic acid groups (broad SMARTS) is 1. The summed E-state index contributed by atoms with van der Waals surface area (Å²) in [6.07, 6.45) is 1.43. The zero-order valence-corrected chi connectivity index (χ0v) is 8.49. The van der Waals surface area contributed by atoms with Crippen LogP contribution in [0.25, 0.3) is 0 Å². The van der Waals surface area contributed by atoms with E-state index >= 15 is 0 Å². The number of aliphatic carboxylic acids is 1. The fraction of sp³-hybridized carbons (Fsp3) is 0.667. The molecular formula is C9H19NO3. The maximum Gasteiger partial charge on any atom is 0.320 e. The molecule has 0 bridgehead atoms. The predicted octanol–water partition coefficient (Wildman–Crippen LogP) is 1.22. The average molecular weight is 189 g/mol. The molecule has 0 radical (unpaired) electrons. The summed E-state index contributed by atoms with van der Waals surface area (Å²) in [5, 5.41) is 8.23. The van der Waals surface area contributed by atoms with Crippen molar-refractivity contribution in [1.82, 2.24) is 0 Å². The summed E-state index contributed by atoms with van der Waals surface area (Å²) in [6.45, 7) is 9.53. The van der Waals surface area contributed by atoms with Crippen molar-refractivity contribution in [3.05, 3.63) is 12.8 Å². The molecule has 0 rings (SSSR count). The van der Waals surface area contributed by atoms with Crippen LogP contribution in [0.5, 0.6) is 0 Å². The Labute approximate surface area is 79.4 Å². The molecule has 13 heavy (non-hydrogen) atoms. The van der Waals surface area contributed by atoms with E-state index in [2.05, 4.69) is 11.3 Å². The van der Waals surface area contributed by atoms with Crippen molar-refractivity contribution in [1.29, 1.82) is 0 Å². The molecule has 0 fully saturated rings. The Morgan fingerprint density at radius 2 is 2.15 bits per heavy atom. The van der Waals surface area contributed by atoms with Gasteiger partial charge in [-0.3, -0.25) is 4.79 Å². The molecule has 0 saturated heterocycles. The second kappa shape index (κ2) is 9.06. The molecule has 0 unspecified atom stereocenters. The summed E-state index contributed by atoms with van der Waals surface area (Å²) >= 11 is 0. The van der Waals surface area contributed by atoms with Gasteiger partial charge in [-0.1, -0.05) is 20.4 Å². The highest BCUT2D eigenvalue weighted by molar-refractivity contribution is 5.73. The van der Waals surface area contributed by atoms with Gasteiger partial charge in [-0.15, -0.1) is 0 Å². The van der Waals surface area contributed by atoms with E-state index in [0.29, 0.717) is 0 Å². The summed E-state index contributed by atoms with van der Waals surface area (Å²) < 4.78 is 4.60. The van der Waals surface area contributed by atoms with Crippen molar-refractivity contribution in [2.24, 2.45) is 11.7 Å². The summed E-state index contributed by atoms with van der Waals surface area (Å²) in [6, 6.07) is -0.713. The van der Waals surface area contributed by atoms with Crippen LogP contribution in [0.4, 0.5) is 0 Å². The Morgan fingerprint density at radius 1 is 1.69 bits per heavy atom. The fourth-order valence-corrected chi connectivity index (χ4v) is 0.403. The number of ether oxygens (including phenoxy) is 1. The van der Waals surface area contributed by atoms with E-state index in [-0.39, 0.29) is 5.92 Å². The van der Waals surface area contributed by atoms with Crippen LogP contribution in [0.2, 0.25) is 0 Å². The van der Waals surface area contributed by atoms with Crippen molar-refractivity contribution in [2.75, 3.05) is 6.61 Å². The first-order valence-corrected chi connectivity index (χ1v) is 4.18. The van der Waals surface area contributed by atoms with Gasteiger partial charge in [-0.05, 0) is 12.8 Å². The SMILES string of the molecule is C=COCC.CC(C)[C@H](N)C(=O)O. The van der Waals surface area contributed by atoms with Gasteiger partial charge in [0.1, 0.15) is 6.04 Å². The minimum atomic E-state index is -0.931. The van der Waals surface area contributed by atoms with Crippen LogP contribution in [0.1, 0.15) is 20.8 Å². The van der Waals surface area contributed by atoms with Crippen LogP contribution in [-0.4, -0.2) is 23.7 Å². The van der Waals surface area contributed by atoms with E-state index in [9.17, 15) is 4.79 Å². The lowest BCUT2D eigenvalue weighted by atomic mass is 10.1. The van der Waals surface area contributed by atoms with Gasteiger partial charge in [0, 0.05) is 0 Å². The molecule has 0 aromatic rings. The first-order valence-electron chi connectivity index (χ1n) is 4.18. The van der Waals surface area contributed by atoms with Crippen LogP contribution < -0.4 is 5.73 Å². The highest BCUT2D eigenvalue weighted by Crippen LogP contribution is 1.96. The molecule has 78 valence electrons. The fourth-order valence-electron chi connectivity index (χ4n) is 0.403. The number of hydrogen-bond acceptors (Lipinski definition) is 3. The lowest BCUT2D eigenvalue weighted by Gasteiger charge is -2.07. The summed E-state index contributed by atoms with van der Waals surface area (Å²) in [5.74, 6) is -0.910. The maximum atomic E-state index is 10.0. The molecule has 4 heteroatoms. The highest BCUT2D eigenvalue weighted by Gasteiger charge is 2.14. The Balaban J connectivity index is 0. The minimum Gasteiger partial charge on any atom is -0.502 e. The normalized spacial score (nSPS) is 11.2. The number of carboxylic acids is 1. The zero-order chi connectivity index (χ0) is 10.9. The maximum absolute atomic E-state index is 10.0. The van der Waals surface area contributed by atoms with Crippen LogP contribution in [0.15, 0.2) is 12.8 Å². The summed E-state index contributed by atoms with van der Waals surface area (Å²) in [7, 11) is 0. The topological polar surface area (TPSA) is 72.5 Å². The van der Waals surface area contributed by atoms with E-state index < -0.39 is 12.0 Å². The van der Waals surface area contributed by atoms with Crippen molar-refractivity contribution in [3.8, 4) is 0 Å². The van der Waals surface area contributed by atoms with Gasteiger partial charge in [-0.25, -0.2) is 0 Å². The van der Waals surface area contributed by atoms with Gasteiger partial charge in [0.05, 0.1) is 12.9 Å². The average Bonchev–Trinajstić information content (AvgIpc) is 2.05. The Morgan fingerprint density at radius 3 is 2.15 bits per heavy atom. The lowest BCUT2D eigenvalue weighted by molar-refractivity contribution is -0.139. The molecule has 0 aromatic carbocycles. The molecule has 0 amide bonds. The molecular weight excluding hydrogens is 170 g/mol. The van der Waals surface area contributed by atoms with Crippen molar-refractivity contribution >= 4 is 5.97 Å². The second-order valence-electron chi connectivity index (χ2n) is 2.73. The van der Waals surface area contributed by atoms with E-state index in [1.165, 1.54) is 6.26 Å². The lowest BCUT2D eigenvalue weighted by Crippen LogP contribution is -2.34. The van der Waals surface area contributed by atoms with E-state index in [1.807, 2.05) is 6.92 Å². The summed E-state index contributed by atoms with van der Waals surface area (Å²) in [5.41, 5.74) is 5.16. The Hall–Kier alpha value is -1.03. The van der Waals surface area contributed by atoms with Gasteiger partial charge in [0.25, 0.3) is 0 Å². The standard InChI is InChI=1S/C5H11NO2.C4H8O/c1-3(2)4(6)5(7)8;1-3-5-4-2/h3-4H,6H2,1-2H3,(H,7,8);3H,1,4H2,2H3/t4-;/m0./s1. The van der Waals surface area contributed by atoms with Gasteiger partial charge >= 0.3 is 5.97 Å². The third-order valence-electron chi connectivity index (χ3n) is 1.29. The van der Waals surface area contributed by atoms with Gasteiger partial charge in [0.2, 0.25) is 0 Å². The molecule has 0 aliphatic rings. The molecule has 0 aliphatic carbocycles. The second-order valence-corrected chi connectivity index (χ2v) is 2.73. The van der Waals surface area contributed by atoms with Crippen molar-refractivity contribution in [2.45, 2.75) is 26.8 Å². The zero-order valence-electron chi connectivity index (χ0n) is 8.49. The number of rotatable bonds is 4. The minimum absolute atomic E-state index is 0.0208. The number of hydrogen-bond donors (Lipinski definition) is 2. The van der Waals surface area contributed by atoms with Crippen LogP contribution in [-0.2, 0) is 9.53 Å². The van der Waals surface area contributed by atoms with Crippen LogP contribution in [0.3, 0.4) is 0 Å². The smallest absolute Gasteiger partial charge is 0.320 e. The van der Waals surface area contributed by atoms with E-state index in [4.69, 9.17) is 10.8 Å². The Bertz CT molecular complexity index is 146. The predicted molar refractivity (Wildman–Crippen MR) is 52.3 cm³/mol. The third kappa shape index (κ3) is 11.0. The Kier molecular flexibility index (Phi) is 10.1. The molecule has 0 saturated carbocycles. The monoisotopic (exact) mass is 189 g/mol. The van der Waals surface area contributed by atoms with Crippen LogP contribution in [0, 0.1) is 5.92 Å². The first-order chi connectivity index (χ1) is 5.97. The molecule has 0 spiro atoms. The largest absolute Gasteiger partial charge is 0.502 e. The van der Waals surface area contributed by atoms with E-state index in [1.54, 1.807) is 13.8 Å². The molecule has 1 atom stereocenters. The first kappa shape index (κ1) is 14.5. The highest BCUT2D eigenvalue weighted by atomic mass is 16.5.